The van der Waals surface area contributed by atoms with Gasteiger partial charge in [0.2, 0.25) is 0 Å². The minimum Gasteiger partial charge on any atom is -0.507 e. The molecule has 1 aromatic rings. The molecule has 1 heterocycles. The predicted octanol–water partition coefficient (Wildman–Crippen LogP) is 2.45. The van der Waals surface area contributed by atoms with Gasteiger partial charge in [0, 0.05) is 12.6 Å². The minimum absolute atomic E-state index is 0.145. The van der Waals surface area contributed by atoms with E-state index in [1.807, 2.05) is 26.0 Å². The SMILES string of the molecule is Cc1cc(CN2CCCC2CC(=O)O)cc(C)c1O. The summed E-state index contributed by atoms with van der Waals surface area (Å²) in [6.45, 7) is 5.51. The zero-order chi connectivity index (χ0) is 14.0. The van der Waals surface area contributed by atoms with Crippen molar-refractivity contribution in [2.75, 3.05) is 6.54 Å². The van der Waals surface area contributed by atoms with Crippen LogP contribution in [0.25, 0.3) is 0 Å². The van der Waals surface area contributed by atoms with Crippen LogP contribution in [0.2, 0.25) is 0 Å². The Morgan fingerprint density at radius 3 is 2.58 bits per heavy atom. The molecule has 4 heteroatoms. The molecule has 0 spiro atoms. The van der Waals surface area contributed by atoms with Crippen molar-refractivity contribution in [3.8, 4) is 5.75 Å². The lowest BCUT2D eigenvalue weighted by Gasteiger charge is -2.23. The lowest BCUT2D eigenvalue weighted by Crippen LogP contribution is -2.30. The molecule has 0 amide bonds. The number of nitrogens with zero attached hydrogens (tertiary/aromatic N) is 1. The molecule has 1 saturated heterocycles. The molecule has 0 bridgehead atoms. The Morgan fingerprint density at radius 2 is 2.00 bits per heavy atom. The van der Waals surface area contributed by atoms with Crippen molar-refractivity contribution in [3.63, 3.8) is 0 Å². The van der Waals surface area contributed by atoms with Gasteiger partial charge in [-0.25, -0.2) is 0 Å². The lowest BCUT2D eigenvalue weighted by atomic mass is 10.0. The van der Waals surface area contributed by atoms with E-state index in [0.29, 0.717) is 5.75 Å². The van der Waals surface area contributed by atoms with Crippen molar-refractivity contribution < 1.29 is 15.0 Å². The first-order valence-corrected chi connectivity index (χ1v) is 6.72. The fourth-order valence-corrected chi connectivity index (χ4v) is 2.91. The van der Waals surface area contributed by atoms with E-state index in [4.69, 9.17) is 5.11 Å². The first kappa shape index (κ1) is 13.9. The van der Waals surface area contributed by atoms with Crippen LogP contribution < -0.4 is 0 Å². The molecule has 104 valence electrons. The van der Waals surface area contributed by atoms with Crippen molar-refractivity contribution >= 4 is 5.97 Å². The summed E-state index contributed by atoms with van der Waals surface area (Å²) in [6, 6.07) is 4.11. The van der Waals surface area contributed by atoms with Gasteiger partial charge >= 0.3 is 5.97 Å². The third kappa shape index (κ3) is 3.26. The van der Waals surface area contributed by atoms with Gasteiger partial charge in [-0.3, -0.25) is 9.69 Å². The van der Waals surface area contributed by atoms with Crippen LogP contribution in [0.1, 0.15) is 36.0 Å². The molecule has 1 aliphatic heterocycles. The van der Waals surface area contributed by atoms with Gasteiger partial charge in [0.1, 0.15) is 5.75 Å². The molecule has 1 atom stereocenters. The van der Waals surface area contributed by atoms with Crippen LogP contribution in [0.15, 0.2) is 12.1 Å². The van der Waals surface area contributed by atoms with Crippen LogP contribution in [0, 0.1) is 13.8 Å². The largest absolute Gasteiger partial charge is 0.507 e. The number of hydrogen-bond donors (Lipinski definition) is 2. The summed E-state index contributed by atoms with van der Waals surface area (Å²) in [7, 11) is 0. The summed E-state index contributed by atoms with van der Waals surface area (Å²) >= 11 is 0. The van der Waals surface area contributed by atoms with Gasteiger partial charge < -0.3 is 10.2 Å². The van der Waals surface area contributed by atoms with E-state index >= 15 is 0 Å². The molecule has 2 rings (SSSR count). The number of phenols is 1. The van der Waals surface area contributed by atoms with Crippen molar-refractivity contribution in [1.29, 1.82) is 0 Å². The fourth-order valence-electron chi connectivity index (χ4n) is 2.91. The highest BCUT2D eigenvalue weighted by Gasteiger charge is 2.26. The summed E-state index contributed by atoms with van der Waals surface area (Å²) in [5.41, 5.74) is 2.90. The molecule has 1 aromatic carbocycles. The Morgan fingerprint density at radius 1 is 1.37 bits per heavy atom. The highest BCUT2D eigenvalue weighted by atomic mass is 16.4. The average Bonchev–Trinajstić information content (AvgIpc) is 2.72. The molecule has 1 fully saturated rings. The lowest BCUT2D eigenvalue weighted by molar-refractivity contribution is -0.138. The molecule has 1 unspecified atom stereocenters. The molecular formula is C15H21NO3. The molecule has 0 saturated carbocycles. The Kier molecular flexibility index (Phi) is 4.10. The van der Waals surface area contributed by atoms with E-state index in [2.05, 4.69) is 4.90 Å². The summed E-state index contributed by atoms with van der Waals surface area (Å²) in [5.74, 6) is -0.373. The number of phenolic OH excluding ortho intramolecular Hbond substituents is 1. The number of rotatable bonds is 4. The topological polar surface area (TPSA) is 60.8 Å². The van der Waals surface area contributed by atoms with Gasteiger partial charge in [0.15, 0.2) is 0 Å². The van der Waals surface area contributed by atoms with Gasteiger partial charge in [-0.15, -0.1) is 0 Å². The molecular weight excluding hydrogens is 242 g/mol. The van der Waals surface area contributed by atoms with Gasteiger partial charge in [0.05, 0.1) is 6.42 Å². The van der Waals surface area contributed by atoms with Gasteiger partial charge in [-0.1, -0.05) is 12.1 Å². The molecule has 19 heavy (non-hydrogen) atoms. The summed E-state index contributed by atoms with van der Waals surface area (Å²) < 4.78 is 0. The number of aromatic hydroxyl groups is 1. The van der Waals surface area contributed by atoms with Crippen molar-refractivity contribution in [3.05, 3.63) is 28.8 Å². The first-order chi connectivity index (χ1) is 8.97. The standard InChI is InChI=1S/C15H21NO3/c1-10-6-12(7-11(2)15(10)19)9-16-5-3-4-13(16)8-14(17)18/h6-7,13,19H,3-5,8-9H2,1-2H3,(H,17,18). The average molecular weight is 263 g/mol. The zero-order valence-electron chi connectivity index (χ0n) is 11.5. The maximum atomic E-state index is 10.8. The number of aliphatic carboxylic acids is 1. The molecule has 2 N–H and O–H groups in total. The third-order valence-corrected chi connectivity index (χ3v) is 3.85. The van der Waals surface area contributed by atoms with E-state index in [9.17, 15) is 9.90 Å². The number of aryl methyl sites for hydroxylation is 2. The van der Waals surface area contributed by atoms with Crippen molar-refractivity contribution in [2.24, 2.45) is 0 Å². The fraction of sp³-hybridized carbons (Fsp3) is 0.533. The van der Waals surface area contributed by atoms with Crippen molar-refractivity contribution in [2.45, 2.75) is 45.7 Å². The number of likely N-dealkylation sites (tertiary alicyclic amines) is 1. The first-order valence-electron chi connectivity index (χ1n) is 6.72. The van der Waals surface area contributed by atoms with E-state index < -0.39 is 5.97 Å². The molecule has 0 radical (unpaired) electrons. The molecule has 0 aromatic heterocycles. The highest BCUT2D eigenvalue weighted by Crippen LogP contribution is 2.27. The maximum absolute atomic E-state index is 10.8. The van der Waals surface area contributed by atoms with Gasteiger partial charge in [-0.05, 0) is 49.9 Å². The summed E-state index contributed by atoms with van der Waals surface area (Å²) in [5, 5.41) is 18.7. The highest BCUT2D eigenvalue weighted by molar-refractivity contribution is 5.67. The molecule has 0 aliphatic carbocycles. The Labute approximate surface area is 113 Å². The van der Waals surface area contributed by atoms with Crippen LogP contribution in [0.5, 0.6) is 5.75 Å². The van der Waals surface area contributed by atoms with E-state index in [1.165, 1.54) is 0 Å². The normalized spacial score (nSPS) is 19.8. The predicted molar refractivity (Wildman–Crippen MR) is 73.3 cm³/mol. The quantitative estimate of drug-likeness (QED) is 0.876. The number of carboxylic acid groups (broad SMARTS) is 1. The second-order valence-corrected chi connectivity index (χ2v) is 5.44. The van der Waals surface area contributed by atoms with Crippen LogP contribution >= 0.6 is 0 Å². The summed E-state index contributed by atoms with van der Waals surface area (Å²) in [6.07, 6.45) is 2.24. The second kappa shape index (κ2) is 5.61. The van der Waals surface area contributed by atoms with Crippen LogP contribution in [0.3, 0.4) is 0 Å². The molecule has 4 nitrogen and oxygen atoms in total. The van der Waals surface area contributed by atoms with E-state index in [1.54, 1.807) is 0 Å². The summed E-state index contributed by atoms with van der Waals surface area (Å²) in [4.78, 5) is 13.1. The van der Waals surface area contributed by atoms with E-state index in [-0.39, 0.29) is 12.5 Å². The molecule has 1 aliphatic rings. The minimum atomic E-state index is -0.727. The smallest absolute Gasteiger partial charge is 0.304 e. The number of hydrogen-bond acceptors (Lipinski definition) is 3. The van der Waals surface area contributed by atoms with Crippen LogP contribution in [0.4, 0.5) is 0 Å². The Hall–Kier alpha value is -1.55. The number of carboxylic acids is 1. The number of benzene rings is 1. The van der Waals surface area contributed by atoms with E-state index in [0.717, 1.165) is 42.6 Å². The van der Waals surface area contributed by atoms with Crippen LogP contribution in [-0.4, -0.2) is 33.7 Å². The van der Waals surface area contributed by atoms with Gasteiger partial charge in [0.25, 0.3) is 0 Å². The maximum Gasteiger partial charge on any atom is 0.304 e. The Bertz CT molecular complexity index is 461. The number of carbonyl (C=O) groups is 1. The monoisotopic (exact) mass is 263 g/mol. The van der Waals surface area contributed by atoms with Crippen molar-refractivity contribution in [1.82, 2.24) is 4.90 Å². The second-order valence-electron chi connectivity index (χ2n) is 5.44. The van der Waals surface area contributed by atoms with Gasteiger partial charge in [-0.2, -0.15) is 0 Å². The van der Waals surface area contributed by atoms with Crippen LogP contribution in [-0.2, 0) is 11.3 Å². The Balaban J connectivity index is 2.10. The third-order valence-electron chi connectivity index (χ3n) is 3.85. The zero-order valence-corrected chi connectivity index (χ0v) is 11.5.